The second-order valence-electron chi connectivity index (χ2n) is 8.79. The van der Waals surface area contributed by atoms with E-state index in [1.165, 1.54) is 53.8 Å². The summed E-state index contributed by atoms with van der Waals surface area (Å²) in [4.78, 5) is 23.6. The van der Waals surface area contributed by atoms with Gasteiger partial charge in [-0.25, -0.2) is 9.97 Å². The summed E-state index contributed by atoms with van der Waals surface area (Å²) >= 11 is 0. The molecule has 1 saturated carbocycles. The van der Waals surface area contributed by atoms with Crippen molar-refractivity contribution in [1.29, 1.82) is 0 Å². The molecule has 1 aromatic heterocycles. The average molecular weight is 354 g/mol. The van der Waals surface area contributed by atoms with Crippen molar-refractivity contribution in [2.45, 2.75) is 70.8 Å². The van der Waals surface area contributed by atoms with E-state index in [9.17, 15) is 4.79 Å². The van der Waals surface area contributed by atoms with Gasteiger partial charge in [-0.05, 0) is 83.9 Å². The summed E-state index contributed by atoms with van der Waals surface area (Å²) in [5.74, 6) is 1.27. The number of hydrogen-bond donors (Lipinski definition) is 0. The van der Waals surface area contributed by atoms with Crippen LogP contribution in [0, 0.1) is 11.8 Å². The van der Waals surface area contributed by atoms with Gasteiger partial charge in [0.25, 0.3) is 0 Å². The number of carbonyl (C=O) groups is 1. The van der Waals surface area contributed by atoms with Crippen molar-refractivity contribution in [3.8, 4) is 0 Å². The van der Waals surface area contributed by atoms with Crippen LogP contribution in [0.15, 0.2) is 11.9 Å². The Morgan fingerprint density at radius 3 is 2.62 bits per heavy atom. The molecule has 0 spiro atoms. The van der Waals surface area contributed by atoms with Crippen molar-refractivity contribution in [2.75, 3.05) is 14.1 Å². The number of fused-ring (bicyclic) bond motifs is 2. The van der Waals surface area contributed by atoms with Crippen molar-refractivity contribution in [2.24, 2.45) is 11.8 Å². The molecule has 4 nitrogen and oxygen atoms in total. The Kier molecular flexibility index (Phi) is 4.96. The van der Waals surface area contributed by atoms with Gasteiger partial charge in [0.2, 0.25) is 0 Å². The molecule has 0 amide bonds. The van der Waals surface area contributed by atoms with Crippen LogP contribution in [0.25, 0.3) is 5.57 Å². The molecule has 0 unspecified atom stereocenters. The van der Waals surface area contributed by atoms with Crippen LogP contribution in [-0.4, -0.2) is 40.8 Å². The highest BCUT2D eigenvalue weighted by atomic mass is 16.1. The van der Waals surface area contributed by atoms with Crippen LogP contribution in [0.2, 0.25) is 0 Å². The fourth-order valence-corrected chi connectivity index (χ4v) is 5.26. The normalized spacial score (nSPS) is 28.2. The van der Waals surface area contributed by atoms with Gasteiger partial charge in [0.15, 0.2) is 0 Å². The van der Waals surface area contributed by atoms with Gasteiger partial charge in [0.1, 0.15) is 12.1 Å². The second kappa shape index (κ2) is 7.22. The average Bonchev–Trinajstić information content (AvgIpc) is 3.00. The van der Waals surface area contributed by atoms with E-state index < -0.39 is 0 Å². The highest BCUT2D eigenvalue weighted by molar-refractivity contribution is 5.85. The number of ketones is 1. The third-order valence-electron chi connectivity index (χ3n) is 6.96. The molecule has 1 heterocycles. The molecule has 140 valence electrons. The molecule has 4 heteroatoms. The molecule has 4 rings (SSSR count). The first-order valence-corrected chi connectivity index (χ1v) is 10.2. The van der Waals surface area contributed by atoms with Crippen LogP contribution in [-0.2, 0) is 17.6 Å². The minimum absolute atomic E-state index is 0.197. The Morgan fingerprint density at radius 2 is 1.92 bits per heavy atom. The number of hydrogen-bond acceptors (Lipinski definition) is 4. The predicted molar refractivity (Wildman–Crippen MR) is 104 cm³/mol. The lowest BCUT2D eigenvalue weighted by Gasteiger charge is -2.32. The smallest absolute Gasteiger partial charge is 0.133 e. The SMILES string of the molecule is CC(=O)[C@H]1CCC2=C(C1)c1c(ncnc1CC1CCC(N(C)C)CC1)C2. The summed E-state index contributed by atoms with van der Waals surface area (Å²) in [7, 11) is 4.40. The largest absolute Gasteiger partial charge is 0.306 e. The maximum atomic E-state index is 11.9. The zero-order valence-electron chi connectivity index (χ0n) is 16.4. The molecule has 0 saturated heterocycles. The highest BCUT2D eigenvalue weighted by Crippen LogP contribution is 2.44. The molecule has 0 aliphatic heterocycles. The molecule has 0 radical (unpaired) electrons. The summed E-state index contributed by atoms with van der Waals surface area (Å²) in [6.07, 6.45) is 12.0. The van der Waals surface area contributed by atoms with Crippen LogP contribution in [0.5, 0.6) is 0 Å². The topological polar surface area (TPSA) is 46.1 Å². The monoisotopic (exact) mass is 353 g/mol. The summed E-state index contributed by atoms with van der Waals surface area (Å²) in [5, 5.41) is 0. The minimum atomic E-state index is 0.197. The van der Waals surface area contributed by atoms with Crippen LogP contribution in [0.1, 0.15) is 68.8 Å². The Balaban J connectivity index is 1.53. The van der Waals surface area contributed by atoms with Crippen LogP contribution in [0.4, 0.5) is 0 Å². The molecular formula is C22H31N3O. The van der Waals surface area contributed by atoms with Crippen molar-refractivity contribution >= 4 is 11.4 Å². The zero-order chi connectivity index (χ0) is 18.3. The molecule has 0 bridgehead atoms. The maximum Gasteiger partial charge on any atom is 0.133 e. The number of allylic oxidation sites excluding steroid dienone is 2. The maximum absolute atomic E-state index is 11.9. The first-order valence-electron chi connectivity index (χ1n) is 10.2. The second-order valence-corrected chi connectivity index (χ2v) is 8.79. The molecule has 3 aliphatic rings. The number of Topliss-reactive ketones (excluding diaryl/α,β-unsaturated/α-hetero) is 1. The Labute approximate surface area is 157 Å². The van der Waals surface area contributed by atoms with E-state index in [4.69, 9.17) is 4.98 Å². The summed E-state index contributed by atoms with van der Waals surface area (Å²) in [6, 6.07) is 0.742. The lowest BCUT2D eigenvalue weighted by Crippen LogP contribution is -2.32. The first kappa shape index (κ1) is 17.8. The van der Waals surface area contributed by atoms with Crippen molar-refractivity contribution in [3.63, 3.8) is 0 Å². The quantitative estimate of drug-likeness (QED) is 0.825. The van der Waals surface area contributed by atoms with Gasteiger partial charge < -0.3 is 4.90 Å². The van der Waals surface area contributed by atoms with Crippen molar-refractivity contribution in [1.82, 2.24) is 14.9 Å². The van der Waals surface area contributed by atoms with Gasteiger partial charge in [-0.3, -0.25) is 4.79 Å². The third kappa shape index (κ3) is 3.36. The van der Waals surface area contributed by atoms with Gasteiger partial charge in [0.05, 0.1) is 11.4 Å². The molecule has 0 aromatic carbocycles. The Bertz CT molecular complexity index is 729. The van der Waals surface area contributed by atoms with Crippen LogP contribution < -0.4 is 0 Å². The summed E-state index contributed by atoms with van der Waals surface area (Å²) in [5.41, 5.74) is 6.73. The molecular weight excluding hydrogens is 322 g/mol. The van der Waals surface area contributed by atoms with E-state index in [2.05, 4.69) is 24.0 Å². The van der Waals surface area contributed by atoms with Crippen LogP contribution in [0.3, 0.4) is 0 Å². The molecule has 1 fully saturated rings. The van der Waals surface area contributed by atoms with E-state index in [1.54, 1.807) is 13.3 Å². The van der Waals surface area contributed by atoms with Gasteiger partial charge >= 0.3 is 0 Å². The fourth-order valence-electron chi connectivity index (χ4n) is 5.26. The minimum Gasteiger partial charge on any atom is -0.306 e. The first-order chi connectivity index (χ1) is 12.5. The van der Waals surface area contributed by atoms with Gasteiger partial charge in [0, 0.05) is 23.9 Å². The van der Waals surface area contributed by atoms with E-state index in [-0.39, 0.29) is 5.92 Å². The fraction of sp³-hybridized carbons (Fsp3) is 0.682. The lowest BCUT2D eigenvalue weighted by molar-refractivity contribution is -0.120. The third-order valence-corrected chi connectivity index (χ3v) is 6.96. The molecule has 3 aliphatic carbocycles. The number of aromatic nitrogens is 2. The van der Waals surface area contributed by atoms with E-state index >= 15 is 0 Å². The molecule has 1 atom stereocenters. The molecule has 26 heavy (non-hydrogen) atoms. The number of nitrogens with zero attached hydrogens (tertiary/aromatic N) is 3. The van der Waals surface area contributed by atoms with E-state index in [0.29, 0.717) is 5.78 Å². The van der Waals surface area contributed by atoms with E-state index in [0.717, 1.165) is 44.1 Å². The predicted octanol–water partition coefficient (Wildman–Crippen LogP) is 3.84. The summed E-state index contributed by atoms with van der Waals surface area (Å²) < 4.78 is 0. The van der Waals surface area contributed by atoms with E-state index in [1.807, 2.05) is 0 Å². The van der Waals surface area contributed by atoms with Gasteiger partial charge in [-0.1, -0.05) is 5.57 Å². The standard InChI is InChI=1S/C22H31N3O/c1-14(26)16-6-7-17-12-21-22(19(17)11-16)20(23-13-24-21)10-15-4-8-18(9-5-15)25(2)3/h13,15-16,18H,4-12H2,1-3H3/t15?,16-,18?/m0/s1. The molecule has 0 N–H and O–H groups in total. The van der Waals surface area contributed by atoms with Crippen LogP contribution >= 0.6 is 0 Å². The van der Waals surface area contributed by atoms with Gasteiger partial charge in [-0.15, -0.1) is 0 Å². The Morgan fingerprint density at radius 1 is 1.15 bits per heavy atom. The zero-order valence-corrected chi connectivity index (χ0v) is 16.4. The van der Waals surface area contributed by atoms with Gasteiger partial charge in [-0.2, -0.15) is 0 Å². The number of rotatable bonds is 4. The highest BCUT2D eigenvalue weighted by Gasteiger charge is 2.33. The summed E-state index contributed by atoms with van der Waals surface area (Å²) in [6.45, 7) is 1.75. The Hall–Kier alpha value is -1.55. The number of carbonyl (C=O) groups excluding carboxylic acids is 1. The lowest BCUT2D eigenvalue weighted by atomic mass is 9.79. The van der Waals surface area contributed by atoms with Crippen molar-refractivity contribution in [3.05, 3.63) is 28.9 Å². The molecule has 1 aromatic rings. The van der Waals surface area contributed by atoms with Crippen molar-refractivity contribution < 1.29 is 4.79 Å².